The highest BCUT2D eigenvalue weighted by Gasteiger charge is 2.24. The van der Waals surface area contributed by atoms with Gasteiger partial charge in [-0.05, 0) is 19.3 Å². The molecule has 0 unspecified atom stereocenters. The smallest absolute Gasteiger partial charge is 0.0434 e. The van der Waals surface area contributed by atoms with Crippen LogP contribution < -0.4 is 0 Å². The van der Waals surface area contributed by atoms with Gasteiger partial charge in [0.2, 0.25) is 0 Å². The van der Waals surface area contributed by atoms with Gasteiger partial charge in [-0.1, -0.05) is 6.58 Å². The first-order valence-corrected chi connectivity index (χ1v) is 3.75. The maximum atomic E-state index is 8.59. The van der Waals surface area contributed by atoms with Gasteiger partial charge in [0.25, 0.3) is 0 Å². The summed E-state index contributed by atoms with van der Waals surface area (Å²) in [6.45, 7) is 8.37. The molecule has 0 aromatic rings. The van der Waals surface area contributed by atoms with Crippen LogP contribution in [-0.2, 0) is 0 Å². The molecular weight excluding hydrogens is 126 g/mol. The molecule has 2 heteroatoms. The molecule has 0 saturated carbocycles. The monoisotopic (exact) mass is 141 g/mol. The molecule has 0 spiro atoms. The minimum Gasteiger partial charge on any atom is -0.396 e. The normalized spacial score (nSPS) is 18.8. The molecule has 1 heterocycles. The Morgan fingerprint density at radius 2 is 2.30 bits per heavy atom. The van der Waals surface area contributed by atoms with Gasteiger partial charge in [0.05, 0.1) is 0 Å². The van der Waals surface area contributed by atoms with Crippen molar-refractivity contribution in [2.24, 2.45) is 5.92 Å². The number of nitrogens with zero attached hydrogens (tertiary/aromatic N) is 1. The molecule has 58 valence electrons. The quantitative estimate of drug-likeness (QED) is 0.629. The van der Waals surface area contributed by atoms with Crippen LogP contribution in [0, 0.1) is 5.92 Å². The summed E-state index contributed by atoms with van der Waals surface area (Å²) in [7, 11) is 0. The van der Waals surface area contributed by atoms with Crippen LogP contribution in [0.3, 0.4) is 0 Å². The lowest BCUT2D eigenvalue weighted by atomic mass is 9.96. The third-order valence-electron chi connectivity index (χ3n) is 2.03. The highest BCUT2D eigenvalue weighted by Crippen LogP contribution is 2.21. The first-order chi connectivity index (χ1) is 4.74. The van der Waals surface area contributed by atoms with E-state index < -0.39 is 0 Å². The lowest BCUT2D eigenvalue weighted by Gasteiger charge is -2.41. The molecule has 10 heavy (non-hydrogen) atoms. The van der Waals surface area contributed by atoms with Crippen molar-refractivity contribution in [1.29, 1.82) is 0 Å². The van der Waals surface area contributed by atoms with Crippen LogP contribution in [0.1, 0.15) is 13.3 Å². The summed E-state index contributed by atoms with van der Waals surface area (Å²) in [5.41, 5.74) is 1.15. The number of likely N-dealkylation sites (tertiary alicyclic amines) is 1. The van der Waals surface area contributed by atoms with Crippen molar-refractivity contribution < 1.29 is 5.11 Å². The number of allylic oxidation sites excluding steroid dienone is 1. The fourth-order valence-corrected chi connectivity index (χ4v) is 1.25. The highest BCUT2D eigenvalue weighted by molar-refractivity contribution is 4.96. The Labute approximate surface area is 62.2 Å². The van der Waals surface area contributed by atoms with Gasteiger partial charge in [-0.2, -0.15) is 0 Å². The number of rotatable bonds is 3. The average Bonchev–Trinajstić information content (AvgIpc) is 1.76. The van der Waals surface area contributed by atoms with Gasteiger partial charge in [0.1, 0.15) is 0 Å². The van der Waals surface area contributed by atoms with E-state index in [2.05, 4.69) is 11.5 Å². The number of aliphatic hydroxyl groups is 1. The second-order valence-electron chi connectivity index (χ2n) is 3.02. The van der Waals surface area contributed by atoms with E-state index in [0.717, 1.165) is 25.2 Å². The van der Waals surface area contributed by atoms with Gasteiger partial charge in [0.15, 0.2) is 0 Å². The Hall–Kier alpha value is -0.500. The molecule has 1 aliphatic heterocycles. The van der Waals surface area contributed by atoms with E-state index in [0.29, 0.717) is 12.5 Å². The van der Waals surface area contributed by atoms with Crippen molar-refractivity contribution in [1.82, 2.24) is 4.90 Å². The maximum absolute atomic E-state index is 8.59. The third kappa shape index (κ3) is 1.51. The van der Waals surface area contributed by atoms with Crippen molar-refractivity contribution >= 4 is 0 Å². The predicted molar refractivity (Wildman–Crippen MR) is 41.6 cm³/mol. The second-order valence-corrected chi connectivity index (χ2v) is 3.02. The summed E-state index contributed by atoms with van der Waals surface area (Å²) >= 11 is 0. The zero-order chi connectivity index (χ0) is 7.56. The van der Waals surface area contributed by atoms with Crippen LogP contribution in [0.25, 0.3) is 0 Å². The van der Waals surface area contributed by atoms with Gasteiger partial charge in [-0.25, -0.2) is 0 Å². The van der Waals surface area contributed by atoms with Crippen LogP contribution in [-0.4, -0.2) is 29.7 Å². The van der Waals surface area contributed by atoms with E-state index in [4.69, 9.17) is 5.11 Å². The molecule has 0 aromatic carbocycles. The van der Waals surface area contributed by atoms with Crippen LogP contribution in [0.4, 0.5) is 0 Å². The molecule has 1 aliphatic rings. The van der Waals surface area contributed by atoms with Crippen LogP contribution in [0.15, 0.2) is 12.3 Å². The number of hydrogen-bond acceptors (Lipinski definition) is 2. The first kappa shape index (κ1) is 7.61. The van der Waals surface area contributed by atoms with Crippen molar-refractivity contribution in [2.75, 3.05) is 19.7 Å². The summed E-state index contributed by atoms with van der Waals surface area (Å²) in [6, 6.07) is 0. The van der Waals surface area contributed by atoms with E-state index in [9.17, 15) is 0 Å². The predicted octanol–water partition coefficient (Wildman–Crippen LogP) is 0.834. The molecular formula is C8H15NO. The fraction of sp³-hybridized carbons (Fsp3) is 0.750. The average molecular weight is 141 g/mol. The fourth-order valence-electron chi connectivity index (χ4n) is 1.25. The molecule has 0 bridgehead atoms. The van der Waals surface area contributed by atoms with E-state index in [1.165, 1.54) is 0 Å². The van der Waals surface area contributed by atoms with Crippen molar-refractivity contribution in [2.45, 2.75) is 13.3 Å². The Morgan fingerprint density at radius 1 is 1.70 bits per heavy atom. The highest BCUT2D eigenvalue weighted by atomic mass is 16.3. The molecule has 0 atom stereocenters. The van der Waals surface area contributed by atoms with Gasteiger partial charge < -0.3 is 10.0 Å². The first-order valence-electron chi connectivity index (χ1n) is 3.75. The van der Waals surface area contributed by atoms with E-state index in [1.807, 2.05) is 6.92 Å². The van der Waals surface area contributed by atoms with E-state index >= 15 is 0 Å². The maximum Gasteiger partial charge on any atom is 0.0434 e. The topological polar surface area (TPSA) is 23.5 Å². The lowest BCUT2D eigenvalue weighted by molar-refractivity contribution is 0.114. The van der Waals surface area contributed by atoms with Crippen LogP contribution in [0.5, 0.6) is 0 Å². The van der Waals surface area contributed by atoms with Crippen molar-refractivity contribution in [3.05, 3.63) is 12.3 Å². The molecule has 0 aromatic heterocycles. The van der Waals surface area contributed by atoms with Crippen LogP contribution >= 0.6 is 0 Å². The summed E-state index contributed by atoms with van der Waals surface area (Å²) in [5.74, 6) is 0.710. The zero-order valence-electron chi connectivity index (χ0n) is 6.51. The molecule has 2 nitrogen and oxygen atoms in total. The molecule has 1 N–H and O–H groups in total. The molecule has 0 radical (unpaired) electrons. The molecule has 1 rings (SSSR count). The van der Waals surface area contributed by atoms with Crippen molar-refractivity contribution in [3.63, 3.8) is 0 Å². The molecule has 0 aliphatic carbocycles. The standard InChI is InChI=1S/C8H15NO/c1-7(2)9-5-8(6-9)3-4-10/h8,10H,1,3-6H2,2H3. The largest absolute Gasteiger partial charge is 0.396 e. The van der Waals surface area contributed by atoms with Gasteiger partial charge in [0, 0.05) is 25.4 Å². The van der Waals surface area contributed by atoms with Gasteiger partial charge in [-0.15, -0.1) is 0 Å². The summed E-state index contributed by atoms with van der Waals surface area (Å²) in [6.07, 6.45) is 0.948. The Bertz CT molecular complexity index is 127. The SMILES string of the molecule is C=C(C)N1CC(CCO)C1. The minimum atomic E-state index is 0.328. The number of hydrogen-bond donors (Lipinski definition) is 1. The Kier molecular flexibility index (Phi) is 2.33. The molecule has 1 saturated heterocycles. The number of aliphatic hydroxyl groups excluding tert-OH is 1. The van der Waals surface area contributed by atoms with E-state index in [-0.39, 0.29) is 0 Å². The minimum absolute atomic E-state index is 0.328. The summed E-state index contributed by atoms with van der Waals surface area (Å²) in [5, 5.41) is 8.59. The third-order valence-corrected chi connectivity index (χ3v) is 2.03. The Balaban J connectivity index is 2.12. The second kappa shape index (κ2) is 3.06. The Morgan fingerprint density at radius 3 is 2.70 bits per heavy atom. The van der Waals surface area contributed by atoms with Crippen molar-refractivity contribution in [3.8, 4) is 0 Å². The summed E-state index contributed by atoms with van der Waals surface area (Å²) in [4.78, 5) is 2.24. The zero-order valence-corrected chi connectivity index (χ0v) is 6.51. The lowest BCUT2D eigenvalue weighted by Crippen LogP contribution is -2.45. The van der Waals surface area contributed by atoms with Crippen LogP contribution in [0.2, 0.25) is 0 Å². The molecule has 1 fully saturated rings. The summed E-state index contributed by atoms with van der Waals surface area (Å²) < 4.78 is 0. The van der Waals surface area contributed by atoms with Gasteiger partial charge in [-0.3, -0.25) is 0 Å². The molecule has 0 amide bonds. The van der Waals surface area contributed by atoms with Gasteiger partial charge >= 0.3 is 0 Å². The van der Waals surface area contributed by atoms with E-state index in [1.54, 1.807) is 0 Å².